The van der Waals surface area contributed by atoms with Gasteiger partial charge in [-0.1, -0.05) is 24.3 Å². The Morgan fingerprint density at radius 3 is 2.47 bits per heavy atom. The number of carbonyl (C=O) groups is 3. The molecule has 1 heterocycles. The number of thiophene rings is 1. The molecule has 1 amide bonds. The molecule has 1 aromatic heterocycles. The summed E-state index contributed by atoms with van der Waals surface area (Å²) in [4.78, 5) is 39.3. The SMILES string of the molecule is CCOC(=O)c1c(NC(=O)COC(=O)c2ccccc2Nc2cccc(C)c2C)sc2c1CCCC2. The summed E-state index contributed by atoms with van der Waals surface area (Å²) in [5.74, 6) is -1.56. The summed E-state index contributed by atoms with van der Waals surface area (Å²) in [6.07, 6.45) is 3.71. The van der Waals surface area contributed by atoms with E-state index in [2.05, 4.69) is 10.6 Å². The van der Waals surface area contributed by atoms with Gasteiger partial charge in [-0.05, 0) is 81.3 Å². The number of fused-ring (bicyclic) bond motifs is 1. The number of rotatable bonds is 8. The van der Waals surface area contributed by atoms with Gasteiger partial charge in [-0.2, -0.15) is 0 Å². The monoisotopic (exact) mass is 506 g/mol. The van der Waals surface area contributed by atoms with E-state index in [-0.39, 0.29) is 6.61 Å². The maximum absolute atomic E-state index is 12.9. The minimum atomic E-state index is -0.616. The van der Waals surface area contributed by atoms with Crippen LogP contribution in [0.4, 0.5) is 16.4 Å². The van der Waals surface area contributed by atoms with Gasteiger partial charge >= 0.3 is 11.9 Å². The summed E-state index contributed by atoms with van der Waals surface area (Å²) >= 11 is 1.40. The third kappa shape index (κ3) is 5.60. The van der Waals surface area contributed by atoms with Crippen LogP contribution in [0.25, 0.3) is 0 Å². The van der Waals surface area contributed by atoms with Gasteiger partial charge in [0, 0.05) is 10.6 Å². The molecule has 36 heavy (non-hydrogen) atoms. The van der Waals surface area contributed by atoms with E-state index in [0.717, 1.165) is 52.9 Å². The minimum absolute atomic E-state index is 0.254. The number of nitrogens with one attached hydrogen (secondary N) is 2. The van der Waals surface area contributed by atoms with Crippen LogP contribution < -0.4 is 10.6 Å². The number of hydrogen-bond donors (Lipinski definition) is 2. The Balaban J connectivity index is 1.45. The lowest BCUT2D eigenvalue weighted by atomic mass is 9.95. The van der Waals surface area contributed by atoms with Crippen molar-refractivity contribution in [1.82, 2.24) is 0 Å². The fraction of sp³-hybridized carbons (Fsp3) is 0.321. The van der Waals surface area contributed by atoms with E-state index in [9.17, 15) is 14.4 Å². The quantitative estimate of drug-likeness (QED) is 0.366. The second-order valence-corrected chi connectivity index (χ2v) is 9.78. The van der Waals surface area contributed by atoms with Gasteiger partial charge in [-0.3, -0.25) is 4.79 Å². The fourth-order valence-corrected chi connectivity index (χ4v) is 5.54. The Morgan fingerprint density at radius 1 is 0.917 bits per heavy atom. The first-order chi connectivity index (χ1) is 17.4. The van der Waals surface area contributed by atoms with E-state index in [1.807, 2.05) is 38.1 Å². The number of aryl methyl sites for hydroxylation is 2. The highest BCUT2D eigenvalue weighted by atomic mass is 32.1. The van der Waals surface area contributed by atoms with Crippen LogP contribution in [0.15, 0.2) is 42.5 Å². The molecule has 0 fully saturated rings. The van der Waals surface area contributed by atoms with Crippen molar-refractivity contribution >= 4 is 45.6 Å². The topological polar surface area (TPSA) is 93.7 Å². The zero-order valence-corrected chi connectivity index (χ0v) is 21.6. The highest BCUT2D eigenvalue weighted by Crippen LogP contribution is 2.38. The van der Waals surface area contributed by atoms with Gasteiger partial charge in [-0.25, -0.2) is 9.59 Å². The molecule has 0 atom stereocenters. The number of benzene rings is 2. The normalized spacial score (nSPS) is 12.4. The summed E-state index contributed by atoms with van der Waals surface area (Å²) < 4.78 is 10.6. The van der Waals surface area contributed by atoms with Crippen LogP contribution in [0.2, 0.25) is 0 Å². The Hall–Kier alpha value is -3.65. The first-order valence-electron chi connectivity index (χ1n) is 12.1. The summed E-state index contributed by atoms with van der Waals surface area (Å²) in [6.45, 7) is 5.57. The molecule has 2 aromatic carbocycles. The van der Waals surface area contributed by atoms with Crippen LogP contribution in [0.1, 0.15) is 62.0 Å². The number of para-hydroxylation sites is 1. The van der Waals surface area contributed by atoms with Crippen LogP contribution in [-0.4, -0.2) is 31.1 Å². The van der Waals surface area contributed by atoms with E-state index in [4.69, 9.17) is 9.47 Å². The second-order valence-electron chi connectivity index (χ2n) is 8.68. The van der Waals surface area contributed by atoms with Crippen molar-refractivity contribution in [3.8, 4) is 0 Å². The van der Waals surface area contributed by atoms with Crippen LogP contribution in [0, 0.1) is 13.8 Å². The number of hydrogen-bond acceptors (Lipinski definition) is 7. The molecule has 8 heteroatoms. The highest BCUT2D eigenvalue weighted by molar-refractivity contribution is 7.17. The molecule has 1 aliphatic rings. The lowest BCUT2D eigenvalue weighted by molar-refractivity contribution is -0.119. The van der Waals surface area contributed by atoms with Gasteiger partial charge in [0.2, 0.25) is 0 Å². The van der Waals surface area contributed by atoms with Crippen LogP contribution in [0.5, 0.6) is 0 Å². The van der Waals surface area contributed by atoms with Crippen molar-refractivity contribution in [2.24, 2.45) is 0 Å². The highest BCUT2D eigenvalue weighted by Gasteiger charge is 2.27. The Morgan fingerprint density at radius 2 is 1.67 bits per heavy atom. The lowest BCUT2D eigenvalue weighted by Crippen LogP contribution is -2.22. The third-order valence-corrected chi connectivity index (χ3v) is 7.47. The van der Waals surface area contributed by atoms with E-state index in [0.29, 0.717) is 21.8 Å². The maximum atomic E-state index is 12.9. The molecule has 3 aromatic rings. The molecule has 0 spiro atoms. The standard InChI is InChI=1S/C28H30N2O5S/c1-4-34-28(33)25-20-12-6-8-15-23(20)36-26(25)30-24(31)16-35-27(32)19-11-5-7-13-22(19)29-21-14-9-10-17(2)18(21)3/h5,7,9-11,13-14,29H,4,6,8,12,15-16H2,1-3H3,(H,30,31). The Labute approximate surface area is 214 Å². The van der Waals surface area contributed by atoms with Crippen LogP contribution in [0.3, 0.4) is 0 Å². The molecule has 0 unspecified atom stereocenters. The average molecular weight is 507 g/mol. The van der Waals surface area contributed by atoms with Gasteiger partial charge in [0.15, 0.2) is 6.61 Å². The van der Waals surface area contributed by atoms with Gasteiger partial charge in [0.25, 0.3) is 5.91 Å². The van der Waals surface area contributed by atoms with Gasteiger partial charge < -0.3 is 20.1 Å². The third-order valence-electron chi connectivity index (χ3n) is 6.26. The van der Waals surface area contributed by atoms with Crippen LogP contribution >= 0.6 is 11.3 Å². The molecule has 2 N–H and O–H groups in total. The molecule has 0 radical (unpaired) electrons. The number of carbonyl (C=O) groups excluding carboxylic acids is 3. The minimum Gasteiger partial charge on any atom is -0.462 e. The van der Waals surface area contributed by atoms with E-state index >= 15 is 0 Å². The van der Waals surface area contributed by atoms with E-state index < -0.39 is 24.5 Å². The molecule has 0 saturated heterocycles. The molecule has 1 aliphatic carbocycles. The Kier molecular flexibility index (Phi) is 8.05. The zero-order chi connectivity index (χ0) is 25.7. The fourth-order valence-electron chi connectivity index (χ4n) is 4.25. The van der Waals surface area contributed by atoms with Gasteiger partial charge in [0.05, 0.1) is 23.4 Å². The molecular formula is C28H30N2O5S. The summed E-state index contributed by atoms with van der Waals surface area (Å²) in [6, 6.07) is 12.9. The van der Waals surface area contributed by atoms with Crippen molar-refractivity contribution < 1.29 is 23.9 Å². The van der Waals surface area contributed by atoms with Crippen molar-refractivity contribution in [1.29, 1.82) is 0 Å². The van der Waals surface area contributed by atoms with Gasteiger partial charge in [0.1, 0.15) is 5.00 Å². The summed E-state index contributed by atoms with van der Waals surface area (Å²) in [5.41, 5.74) is 5.41. The molecule has 0 saturated carbocycles. The average Bonchev–Trinajstić information content (AvgIpc) is 3.23. The number of anilines is 3. The van der Waals surface area contributed by atoms with E-state index in [1.165, 1.54) is 11.3 Å². The molecular weight excluding hydrogens is 476 g/mol. The van der Waals surface area contributed by atoms with Gasteiger partial charge in [-0.15, -0.1) is 11.3 Å². The predicted molar refractivity (Wildman–Crippen MR) is 141 cm³/mol. The second kappa shape index (κ2) is 11.4. The first-order valence-corrected chi connectivity index (χ1v) is 12.9. The molecule has 188 valence electrons. The predicted octanol–water partition coefficient (Wildman–Crippen LogP) is 5.96. The number of amides is 1. The smallest absolute Gasteiger partial charge is 0.341 e. The van der Waals surface area contributed by atoms with Crippen molar-refractivity contribution in [2.45, 2.75) is 46.5 Å². The lowest BCUT2D eigenvalue weighted by Gasteiger charge is -2.14. The van der Waals surface area contributed by atoms with Crippen molar-refractivity contribution in [3.63, 3.8) is 0 Å². The molecule has 4 rings (SSSR count). The van der Waals surface area contributed by atoms with Crippen molar-refractivity contribution in [3.05, 3.63) is 75.2 Å². The van der Waals surface area contributed by atoms with Crippen LogP contribution in [-0.2, 0) is 27.1 Å². The first kappa shape index (κ1) is 25.4. The summed E-state index contributed by atoms with van der Waals surface area (Å²) in [7, 11) is 0. The largest absolute Gasteiger partial charge is 0.462 e. The molecule has 0 aliphatic heterocycles. The zero-order valence-electron chi connectivity index (χ0n) is 20.7. The number of esters is 2. The molecule has 7 nitrogen and oxygen atoms in total. The van der Waals surface area contributed by atoms with Crippen molar-refractivity contribution in [2.75, 3.05) is 23.8 Å². The maximum Gasteiger partial charge on any atom is 0.341 e. The summed E-state index contributed by atoms with van der Waals surface area (Å²) in [5, 5.41) is 6.52. The molecule has 0 bridgehead atoms. The van der Waals surface area contributed by atoms with E-state index in [1.54, 1.807) is 25.1 Å². The Bertz CT molecular complexity index is 1300. The number of ether oxygens (including phenoxy) is 2.